The first kappa shape index (κ1) is 17.4. The number of ether oxygens (including phenoxy) is 2. The van der Waals surface area contributed by atoms with Crippen molar-refractivity contribution in [3.63, 3.8) is 0 Å². The Morgan fingerprint density at radius 1 is 1.08 bits per heavy atom. The summed E-state index contributed by atoms with van der Waals surface area (Å²) in [5, 5.41) is 0.608. The average Bonchev–Trinajstić information content (AvgIpc) is 2.66. The Kier molecular flexibility index (Phi) is 5.12. The molecule has 6 nitrogen and oxygen atoms in total. The lowest BCUT2D eigenvalue weighted by Crippen LogP contribution is -2.20. The summed E-state index contributed by atoms with van der Waals surface area (Å²) in [5.74, 6) is -0.584. The SMILES string of the molecule is CCOC(=O)c1ccc2nc(-c3ccccc3)cc(OCC(N)=O)c2c1. The van der Waals surface area contributed by atoms with E-state index in [1.165, 1.54) is 0 Å². The Hall–Kier alpha value is -3.41. The number of nitrogens with two attached hydrogens (primary N) is 1. The van der Waals surface area contributed by atoms with Gasteiger partial charge in [0.25, 0.3) is 5.91 Å². The van der Waals surface area contributed by atoms with Crippen molar-refractivity contribution in [2.75, 3.05) is 13.2 Å². The molecule has 0 radical (unpaired) electrons. The summed E-state index contributed by atoms with van der Waals surface area (Å²) in [6.45, 7) is 1.76. The monoisotopic (exact) mass is 350 g/mol. The molecular formula is C20H18N2O4. The van der Waals surface area contributed by atoms with Crippen molar-refractivity contribution >= 4 is 22.8 Å². The minimum Gasteiger partial charge on any atom is -0.483 e. The number of aromatic nitrogens is 1. The van der Waals surface area contributed by atoms with E-state index in [2.05, 4.69) is 4.98 Å². The number of fused-ring (bicyclic) bond motifs is 1. The van der Waals surface area contributed by atoms with E-state index in [4.69, 9.17) is 15.2 Å². The van der Waals surface area contributed by atoms with Crippen molar-refractivity contribution in [3.8, 4) is 17.0 Å². The lowest BCUT2D eigenvalue weighted by molar-refractivity contribution is -0.119. The Balaban J connectivity index is 2.12. The van der Waals surface area contributed by atoms with Crippen LogP contribution in [0.3, 0.4) is 0 Å². The lowest BCUT2D eigenvalue weighted by Gasteiger charge is -2.12. The Bertz CT molecular complexity index is 955. The zero-order valence-corrected chi connectivity index (χ0v) is 14.3. The van der Waals surface area contributed by atoms with E-state index in [0.717, 1.165) is 5.56 Å². The molecule has 0 aliphatic heterocycles. The highest BCUT2D eigenvalue weighted by Crippen LogP contribution is 2.31. The van der Waals surface area contributed by atoms with Crippen molar-refractivity contribution in [1.29, 1.82) is 0 Å². The van der Waals surface area contributed by atoms with E-state index in [-0.39, 0.29) is 13.2 Å². The van der Waals surface area contributed by atoms with E-state index in [0.29, 0.717) is 27.9 Å². The fourth-order valence-corrected chi connectivity index (χ4v) is 2.56. The van der Waals surface area contributed by atoms with E-state index in [9.17, 15) is 9.59 Å². The second-order valence-electron chi connectivity index (χ2n) is 5.58. The van der Waals surface area contributed by atoms with Crippen LogP contribution in [0.2, 0.25) is 0 Å². The standard InChI is InChI=1S/C20H18N2O4/c1-2-25-20(24)14-8-9-16-15(10-14)18(26-12-19(21)23)11-17(22-16)13-6-4-3-5-7-13/h3-11H,2,12H2,1H3,(H2,21,23). The van der Waals surface area contributed by atoms with Crippen LogP contribution >= 0.6 is 0 Å². The summed E-state index contributed by atoms with van der Waals surface area (Å²) in [5.41, 5.74) is 7.83. The molecule has 2 N–H and O–H groups in total. The summed E-state index contributed by atoms with van der Waals surface area (Å²) in [7, 11) is 0. The molecule has 0 unspecified atom stereocenters. The smallest absolute Gasteiger partial charge is 0.338 e. The molecule has 0 saturated heterocycles. The van der Waals surface area contributed by atoms with E-state index in [1.807, 2.05) is 30.3 Å². The van der Waals surface area contributed by atoms with Gasteiger partial charge in [-0.2, -0.15) is 0 Å². The van der Waals surface area contributed by atoms with Crippen LogP contribution in [-0.2, 0) is 9.53 Å². The van der Waals surface area contributed by atoms with Crippen LogP contribution in [0.25, 0.3) is 22.2 Å². The number of benzene rings is 2. The highest BCUT2D eigenvalue weighted by atomic mass is 16.5. The number of primary amides is 1. The first-order chi connectivity index (χ1) is 12.6. The Morgan fingerprint density at radius 2 is 1.85 bits per heavy atom. The van der Waals surface area contributed by atoms with Gasteiger partial charge in [-0.15, -0.1) is 0 Å². The van der Waals surface area contributed by atoms with Crippen molar-refractivity contribution in [1.82, 2.24) is 4.98 Å². The molecule has 0 bridgehead atoms. The fourth-order valence-electron chi connectivity index (χ4n) is 2.56. The predicted molar refractivity (Wildman–Crippen MR) is 97.8 cm³/mol. The van der Waals surface area contributed by atoms with Gasteiger partial charge >= 0.3 is 5.97 Å². The van der Waals surface area contributed by atoms with Crippen molar-refractivity contribution in [2.45, 2.75) is 6.92 Å². The molecule has 1 heterocycles. The number of carbonyl (C=O) groups excluding carboxylic acids is 2. The van der Waals surface area contributed by atoms with Gasteiger partial charge in [-0.3, -0.25) is 4.79 Å². The molecule has 1 aromatic heterocycles. The normalized spacial score (nSPS) is 10.5. The predicted octanol–water partition coefficient (Wildman–Crippen LogP) is 2.94. The highest BCUT2D eigenvalue weighted by molar-refractivity contribution is 5.97. The second kappa shape index (κ2) is 7.65. The molecule has 0 saturated carbocycles. The molecule has 6 heteroatoms. The van der Waals surface area contributed by atoms with Gasteiger partial charge in [0.15, 0.2) is 6.61 Å². The van der Waals surface area contributed by atoms with Gasteiger partial charge < -0.3 is 15.2 Å². The van der Waals surface area contributed by atoms with Gasteiger partial charge in [-0.1, -0.05) is 30.3 Å². The number of hydrogen-bond donors (Lipinski definition) is 1. The summed E-state index contributed by atoms with van der Waals surface area (Å²) in [6.07, 6.45) is 0. The highest BCUT2D eigenvalue weighted by Gasteiger charge is 2.13. The largest absolute Gasteiger partial charge is 0.483 e. The number of amides is 1. The number of pyridine rings is 1. The molecule has 3 rings (SSSR count). The van der Waals surface area contributed by atoms with E-state index in [1.54, 1.807) is 31.2 Å². The molecule has 3 aromatic rings. The molecule has 1 amide bonds. The molecule has 0 aliphatic rings. The molecular weight excluding hydrogens is 332 g/mol. The van der Waals surface area contributed by atoms with Crippen molar-refractivity contribution in [2.24, 2.45) is 5.73 Å². The number of esters is 1. The molecule has 0 fully saturated rings. The van der Waals surface area contributed by atoms with Gasteiger partial charge in [-0.25, -0.2) is 9.78 Å². The Morgan fingerprint density at radius 3 is 2.54 bits per heavy atom. The molecule has 0 atom stereocenters. The summed E-state index contributed by atoms with van der Waals surface area (Å²) in [6, 6.07) is 16.4. The summed E-state index contributed by atoms with van der Waals surface area (Å²) >= 11 is 0. The lowest BCUT2D eigenvalue weighted by atomic mass is 10.1. The quantitative estimate of drug-likeness (QED) is 0.690. The molecule has 132 valence electrons. The van der Waals surface area contributed by atoms with Crippen LogP contribution in [0.4, 0.5) is 0 Å². The zero-order valence-electron chi connectivity index (χ0n) is 14.3. The van der Waals surface area contributed by atoms with Gasteiger partial charge in [-0.05, 0) is 25.1 Å². The van der Waals surface area contributed by atoms with Crippen molar-refractivity contribution in [3.05, 3.63) is 60.2 Å². The zero-order chi connectivity index (χ0) is 18.5. The maximum absolute atomic E-state index is 12.0. The minimum atomic E-state index is -0.585. The number of hydrogen-bond acceptors (Lipinski definition) is 5. The maximum atomic E-state index is 12.0. The van der Waals surface area contributed by atoms with E-state index >= 15 is 0 Å². The van der Waals surface area contributed by atoms with Gasteiger partial charge in [0.05, 0.1) is 23.4 Å². The first-order valence-corrected chi connectivity index (χ1v) is 8.17. The van der Waals surface area contributed by atoms with Crippen LogP contribution in [0, 0.1) is 0 Å². The molecule has 2 aromatic carbocycles. The van der Waals surface area contributed by atoms with Gasteiger partial charge in [0, 0.05) is 17.0 Å². The third-order valence-corrected chi connectivity index (χ3v) is 3.72. The topological polar surface area (TPSA) is 91.5 Å². The van der Waals surface area contributed by atoms with Crippen LogP contribution in [0.1, 0.15) is 17.3 Å². The van der Waals surface area contributed by atoms with Crippen LogP contribution in [-0.4, -0.2) is 30.1 Å². The summed E-state index contributed by atoms with van der Waals surface area (Å²) < 4.78 is 10.6. The second-order valence-corrected chi connectivity index (χ2v) is 5.58. The average molecular weight is 350 g/mol. The minimum absolute atomic E-state index is 0.267. The van der Waals surface area contributed by atoms with Gasteiger partial charge in [0.1, 0.15) is 5.75 Å². The molecule has 0 spiro atoms. The molecule has 0 aliphatic carbocycles. The number of nitrogens with zero attached hydrogens (tertiary/aromatic N) is 1. The van der Waals surface area contributed by atoms with Crippen molar-refractivity contribution < 1.29 is 19.1 Å². The number of carbonyl (C=O) groups is 2. The maximum Gasteiger partial charge on any atom is 0.338 e. The van der Waals surface area contributed by atoms with Crippen LogP contribution in [0.5, 0.6) is 5.75 Å². The summed E-state index contributed by atoms with van der Waals surface area (Å²) in [4.78, 5) is 27.8. The fraction of sp³-hybridized carbons (Fsp3) is 0.150. The first-order valence-electron chi connectivity index (χ1n) is 8.17. The van der Waals surface area contributed by atoms with Crippen LogP contribution < -0.4 is 10.5 Å². The van der Waals surface area contributed by atoms with E-state index < -0.39 is 11.9 Å². The third kappa shape index (κ3) is 3.80. The number of rotatable bonds is 6. The third-order valence-electron chi connectivity index (χ3n) is 3.72. The van der Waals surface area contributed by atoms with Crippen LogP contribution in [0.15, 0.2) is 54.6 Å². The Labute approximate surface area is 150 Å². The van der Waals surface area contributed by atoms with Gasteiger partial charge in [0.2, 0.25) is 0 Å². The molecule has 26 heavy (non-hydrogen) atoms.